The zero-order valence-electron chi connectivity index (χ0n) is 10.3. The van der Waals surface area contributed by atoms with Crippen LogP contribution in [0.4, 0.5) is 0 Å². The second kappa shape index (κ2) is 4.83. The number of benzene rings is 2. The second-order valence-corrected chi connectivity index (χ2v) is 4.79. The maximum absolute atomic E-state index is 10.0. The Kier molecular flexibility index (Phi) is 3.03. The van der Waals surface area contributed by atoms with Crippen LogP contribution in [0.25, 0.3) is 11.1 Å². The average Bonchev–Trinajstić information content (AvgIpc) is 2.94. The molecule has 1 aliphatic heterocycles. The lowest BCUT2D eigenvalue weighted by atomic mass is 9.98. The summed E-state index contributed by atoms with van der Waals surface area (Å²) in [6.45, 7) is 1.04. The minimum absolute atomic E-state index is 0.300. The monoisotopic (exact) mass is 239 g/mol. The summed E-state index contributed by atoms with van der Waals surface area (Å²) in [4.78, 5) is 0. The molecule has 2 heteroatoms. The third kappa shape index (κ3) is 2.12. The fourth-order valence-electron chi connectivity index (χ4n) is 2.59. The molecule has 2 aromatic carbocycles. The van der Waals surface area contributed by atoms with E-state index in [0.29, 0.717) is 11.8 Å². The first-order valence-electron chi connectivity index (χ1n) is 6.46. The van der Waals surface area contributed by atoms with Crippen molar-refractivity contribution in [3.63, 3.8) is 0 Å². The van der Waals surface area contributed by atoms with Crippen molar-refractivity contribution < 1.29 is 5.11 Å². The Hall–Kier alpha value is -1.80. The lowest BCUT2D eigenvalue weighted by molar-refractivity contribution is 0.457. The van der Waals surface area contributed by atoms with Crippen molar-refractivity contribution in [1.82, 2.24) is 5.32 Å². The smallest absolute Gasteiger partial charge is 0.120 e. The summed E-state index contributed by atoms with van der Waals surface area (Å²) < 4.78 is 0. The minimum atomic E-state index is 0.300. The molecule has 0 aliphatic carbocycles. The second-order valence-electron chi connectivity index (χ2n) is 4.79. The van der Waals surface area contributed by atoms with Crippen molar-refractivity contribution in [3.05, 3.63) is 54.1 Å². The van der Waals surface area contributed by atoms with E-state index in [1.807, 2.05) is 24.3 Å². The molecule has 2 N–H and O–H groups in total. The molecule has 2 aromatic rings. The van der Waals surface area contributed by atoms with Gasteiger partial charge in [0.05, 0.1) is 0 Å². The molecule has 0 radical (unpaired) electrons. The molecule has 1 saturated heterocycles. The van der Waals surface area contributed by atoms with E-state index in [2.05, 4.69) is 23.5 Å². The van der Waals surface area contributed by atoms with Gasteiger partial charge in [-0.1, -0.05) is 36.4 Å². The maximum atomic E-state index is 10.0. The van der Waals surface area contributed by atoms with Gasteiger partial charge >= 0.3 is 0 Å². The van der Waals surface area contributed by atoms with E-state index in [0.717, 1.165) is 24.1 Å². The summed E-state index contributed by atoms with van der Waals surface area (Å²) in [5.41, 5.74) is 3.38. The van der Waals surface area contributed by atoms with Crippen molar-refractivity contribution >= 4 is 0 Å². The van der Waals surface area contributed by atoms with E-state index in [4.69, 9.17) is 0 Å². The molecular weight excluding hydrogens is 222 g/mol. The molecule has 0 saturated carbocycles. The molecule has 18 heavy (non-hydrogen) atoms. The highest BCUT2D eigenvalue weighted by Crippen LogP contribution is 2.33. The standard InChI is InChI=1S/C16H17NO/c18-16-9-8-13(12-5-2-1-3-6-12)11-14(16)15-7-4-10-17-15/h1-3,5-6,8-9,11,15,17-18H,4,7,10H2/t15-/m1/s1. The molecule has 1 aliphatic rings. The maximum Gasteiger partial charge on any atom is 0.120 e. The van der Waals surface area contributed by atoms with Crippen molar-refractivity contribution in [2.45, 2.75) is 18.9 Å². The Morgan fingerprint density at radius 1 is 1.00 bits per heavy atom. The summed E-state index contributed by atoms with van der Waals surface area (Å²) in [7, 11) is 0. The third-order valence-corrected chi connectivity index (χ3v) is 3.57. The number of hydrogen-bond acceptors (Lipinski definition) is 2. The first-order valence-corrected chi connectivity index (χ1v) is 6.46. The summed E-state index contributed by atoms with van der Waals surface area (Å²) in [5, 5.41) is 13.4. The fourth-order valence-corrected chi connectivity index (χ4v) is 2.59. The normalized spacial score (nSPS) is 19.0. The Balaban J connectivity index is 2.00. The summed E-state index contributed by atoms with van der Waals surface area (Å²) in [5.74, 6) is 0.397. The van der Waals surface area contributed by atoms with Gasteiger partial charge in [-0.05, 0) is 42.6 Å². The largest absolute Gasteiger partial charge is 0.508 e. The molecule has 2 nitrogen and oxygen atoms in total. The van der Waals surface area contributed by atoms with Gasteiger partial charge in [0.25, 0.3) is 0 Å². The van der Waals surface area contributed by atoms with E-state index < -0.39 is 0 Å². The van der Waals surface area contributed by atoms with Gasteiger partial charge < -0.3 is 10.4 Å². The first kappa shape index (κ1) is 11.3. The Labute approximate surface area is 107 Å². The summed E-state index contributed by atoms with van der Waals surface area (Å²) >= 11 is 0. The molecular formula is C16H17NO. The van der Waals surface area contributed by atoms with Crippen LogP contribution in [0.15, 0.2) is 48.5 Å². The van der Waals surface area contributed by atoms with E-state index in [1.54, 1.807) is 6.07 Å². The molecule has 3 rings (SSSR count). The van der Waals surface area contributed by atoms with Gasteiger partial charge in [0, 0.05) is 11.6 Å². The van der Waals surface area contributed by atoms with Crippen LogP contribution in [-0.2, 0) is 0 Å². The van der Waals surface area contributed by atoms with Crippen molar-refractivity contribution in [2.24, 2.45) is 0 Å². The first-order chi connectivity index (χ1) is 8.84. The lowest BCUT2D eigenvalue weighted by Gasteiger charge is -2.14. The van der Waals surface area contributed by atoms with Crippen LogP contribution in [-0.4, -0.2) is 11.7 Å². The van der Waals surface area contributed by atoms with Crippen LogP contribution < -0.4 is 5.32 Å². The predicted octanol–water partition coefficient (Wildman–Crippen LogP) is 3.48. The van der Waals surface area contributed by atoms with E-state index >= 15 is 0 Å². The van der Waals surface area contributed by atoms with Crippen LogP contribution in [0, 0.1) is 0 Å². The van der Waals surface area contributed by atoms with E-state index in [-0.39, 0.29) is 0 Å². The molecule has 0 unspecified atom stereocenters. The summed E-state index contributed by atoms with van der Waals surface area (Å²) in [6, 6.07) is 16.5. The van der Waals surface area contributed by atoms with Crippen molar-refractivity contribution in [2.75, 3.05) is 6.54 Å². The van der Waals surface area contributed by atoms with Gasteiger partial charge in [0.1, 0.15) is 5.75 Å². The van der Waals surface area contributed by atoms with E-state index in [1.165, 1.54) is 12.0 Å². The average molecular weight is 239 g/mol. The van der Waals surface area contributed by atoms with Gasteiger partial charge in [-0.2, -0.15) is 0 Å². The van der Waals surface area contributed by atoms with E-state index in [9.17, 15) is 5.11 Å². The topological polar surface area (TPSA) is 32.3 Å². The molecule has 1 atom stereocenters. The Morgan fingerprint density at radius 3 is 2.56 bits per heavy atom. The third-order valence-electron chi connectivity index (χ3n) is 3.57. The number of rotatable bonds is 2. The number of aromatic hydroxyl groups is 1. The molecule has 1 fully saturated rings. The van der Waals surface area contributed by atoms with Crippen molar-refractivity contribution in [3.8, 4) is 16.9 Å². The number of nitrogens with one attached hydrogen (secondary N) is 1. The van der Waals surface area contributed by atoms with Crippen LogP contribution in [0.2, 0.25) is 0 Å². The summed E-state index contributed by atoms with van der Waals surface area (Å²) in [6.07, 6.45) is 2.28. The molecule has 0 aromatic heterocycles. The Bertz CT molecular complexity index is 530. The highest BCUT2D eigenvalue weighted by Gasteiger charge is 2.19. The predicted molar refractivity (Wildman–Crippen MR) is 73.5 cm³/mol. The number of phenols is 1. The SMILES string of the molecule is Oc1ccc(-c2ccccc2)cc1[C@H]1CCCN1. The molecule has 92 valence electrons. The number of hydrogen-bond donors (Lipinski definition) is 2. The van der Waals surface area contributed by atoms with Crippen molar-refractivity contribution in [1.29, 1.82) is 0 Å². The van der Waals surface area contributed by atoms with Crippen LogP contribution >= 0.6 is 0 Å². The quantitative estimate of drug-likeness (QED) is 0.841. The van der Waals surface area contributed by atoms with Gasteiger partial charge in [0.2, 0.25) is 0 Å². The van der Waals surface area contributed by atoms with Gasteiger partial charge in [-0.25, -0.2) is 0 Å². The molecule has 0 amide bonds. The highest BCUT2D eigenvalue weighted by atomic mass is 16.3. The zero-order valence-corrected chi connectivity index (χ0v) is 10.3. The zero-order chi connectivity index (χ0) is 12.4. The van der Waals surface area contributed by atoms with Gasteiger partial charge in [0.15, 0.2) is 0 Å². The number of phenolic OH excluding ortho intramolecular Hbond substituents is 1. The molecule has 0 spiro atoms. The highest BCUT2D eigenvalue weighted by molar-refractivity contribution is 5.65. The van der Waals surface area contributed by atoms with Crippen LogP contribution in [0.5, 0.6) is 5.75 Å². The fraction of sp³-hybridized carbons (Fsp3) is 0.250. The van der Waals surface area contributed by atoms with Gasteiger partial charge in [-0.15, -0.1) is 0 Å². The Morgan fingerprint density at radius 2 is 1.83 bits per heavy atom. The molecule has 0 bridgehead atoms. The minimum Gasteiger partial charge on any atom is -0.508 e. The van der Waals surface area contributed by atoms with Gasteiger partial charge in [-0.3, -0.25) is 0 Å². The molecule has 1 heterocycles. The van der Waals surface area contributed by atoms with Crippen LogP contribution in [0.3, 0.4) is 0 Å². The van der Waals surface area contributed by atoms with Crippen LogP contribution in [0.1, 0.15) is 24.4 Å². The lowest BCUT2D eigenvalue weighted by Crippen LogP contribution is -2.12.